The highest BCUT2D eigenvalue weighted by Gasteiger charge is 2.19. The molecule has 0 aromatic heterocycles. The van der Waals surface area contributed by atoms with Gasteiger partial charge in [-0.2, -0.15) is 0 Å². The molecule has 0 saturated heterocycles. The summed E-state index contributed by atoms with van der Waals surface area (Å²) in [5.41, 5.74) is 0.661. The summed E-state index contributed by atoms with van der Waals surface area (Å²) in [4.78, 5) is 0. The molecule has 1 heterocycles. The molecule has 0 radical (unpaired) electrons. The van der Waals surface area contributed by atoms with Crippen LogP contribution in [0.1, 0.15) is 0 Å². The van der Waals surface area contributed by atoms with E-state index in [0.717, 1.165) is 0 Å². The fraction of sp³-hybridized carbons (Fsp3) is 0.500. The second kappa shape index (κ2) is 3.40. The van der Waals surface area contributed by atoms with Gasteiger partial charge in [0.05, 0.1) is 11.5 Å². The lowest BCUT2D eigenvalue weighted by atomic mass is 10.5. The van der Waals surface area contributed by atoms with E-state index < -0.39 is 9.84 Å². The molecule has 0 amide bonds. The van der Waals surface area contributed by atoms with Crippen LogP contribution >= 0.6 is 12.2 Å². The Morgan fingerprint density at radius 2 is 2.33 bits per heavy atom. The summed E-state index contributed by atoms with van der Waals surface area (Å²) >= 11 is 4.81. The normalized spacial score (nSPS) is 19.9. The van der Waals surface area contributed by atoms with Crippen LogP contribution in [-0.2, 0) is 9.84 Å². The number of sulfone groups is 1. The zero-order valence-corrected chi connectivity index (χ0v) is 8.26. The molecule has 0 bridgehead atoms. The molecule has 1 rings (SSSR count). The third-order valence-electron chi connectivity index (χ3n) is 1.46. The van der Waals surface area contributed by atoms with Crippen molar-refractivity contribution in [1.82, 2.24) is 10.6 Å². The zero-order chi connectivity index (χ0) is 9.19. The Labute approximate surface area is 77.0 Å². The Balaban J connectivity index is 2.53. The minimum atomic E-state index is -2.89. The summed E-state index contributed by atoms with van der Waals surface area (Å²) in [7, 11) is -1.21. The molecule has 0 aromatic rings. The van der Waals surface area contributed by atoms with Crippen LogP contribution in [0.3, 0.4) is 0 Å². The summed E-state index contributed by atoms with van der Waals surface area (Å²) < 4.78 is 21.9. The lowest BCUT2D eigenvalue weighted by Gasteiger charge is -2.05. The number of hydrogen-bond donors (Lipinski definition) is 2. The van der Waals surface area contributed by atoms with Gasteiger partial charge in [-0.25, -0.2) is 8.42 Å². The van der Waals surface area contributed by atoms with E-state index in [-0.39, 0.29) is 11.5 Å². The number of rotatable bonds is 1. The van der Waals surface area contributed by atoms with E-state index in [0.29, 0.717) is 10.8 Å². The van der Waals surface area contributed by atoms with Crippen LogP contribution in [0.15, 0.2) is 11.8 Å². The minimum absolute atomic E-state index is 0.0643. The Kier molecular flexibility index (Phi) is 2.69. The molecule has 12 heavy (non-hydrogen) atoms. The summed E-state index contributed by atoms with van der Waals surface area (Å²) in [6.45, 7) is 0. The maximum Gasteiger partial charge on any atom is 0.170 e. The summed E-state index contributed by atoms with van der Waals surface area (Å²) in [5.74, 6) is 0.177. The van der Waals surface area contributed by atoms with Crippen molar-refractivity contribution in [3.63, 3.8) is 0 Å². The Morgan fingerprint density at radius 3 is 2.75 bits per heavy atom. The van der Waals surface area contributed by atoms with Gasteiger partial charge in [-0.05, 0) is 18.3 Å². The first-order chi connectivity index (χ1) is 5.53. The molecule has 1 aliphatic heterocycles. The summed E-state index contributed by atoms with van der Waals surface area (Å²) in [6.07, 6.45) is 1.64. The van der Waals surface area contributed by atoms with Gasteiger partial charge in [0.15, 0.2) is 14.9 Å². The first-order valence-electron chi connectivity index (χ1n) is 3.42. The average molecular weight is 206 g/mol. The SMILES string of the molecule is CNC(=S)NC1=CCS(=O)(=O)C1. The van der Waals surface area contributed by atoms with E-state index in [9.17, 15) is 8.42 Å². The molecule has 0 fully saturated rings. The maximum atomic E-state index is 11.0. The minimum Gasteiger partial charge on any atom is -0.366 e. The van der Waals surface area contributed by atoms with Crippen LogP contribution in [0.25, 0.3) is 0 Å². The molecule has 0 aromatic carbocycles. The molecule has 6 heteroatoms. The highest BCUT2D eigenvalue weighted by Crippen LogP contribution is 2.07. The largest absolute Gasteiger partial charge is 0.366 e. The van der Waals surface area contributed by atoms with E-state index in [1.54, 1.807) is 13.1 Å². The maximum absolute atomic E-state index is 11.0. The molecular weight excluding hydrogens is 196 g/mol. The quantitative estimate of drug-likeness (QED) is 0.561. The van der Waals surface area contributed by atoms with Crippen molar-refractivity contribution in [2.75, 3.05) is 18.6 Å². The van der Waals surface area contributed by atoms with Gasteiger partial charge in [0, 0.05) is 12.7 Å². The van der Waals surface area contributed by atoms with Crippen molar-refractivity contribution in [1.29, 1.82) is 0 Å². The van der Waals surface area contributed by atoms with E-state index >= 15 is 0 Å². The topological polar surface area (TPSA) is 58.2 Å². The molecule has 0 aliphatic carbocycles. The second-order valence-corrected chi connectivity index (χ2v) is 5.01. The molecule has 0 spiro atoms. The zero-order valence-electron chi connectivity index (χ0n) is 6.62. The van der Waals surface area contributed by atoms with Gasteiger partial charge in [0.25, 0.3) is 0 Å². The smallest absolute Gasteiger partial charge is 0.170 e. The number of hydrogen-bond acceptors (Lipinski definition) is 3. The lowest BCUT2D eigenvalue weighted by molar-refractivity contribution is 0.602. The van der Waals surface area contributed by atoms with Crippen LogP contribution in [0, 0.1) is 0 Å². The highest BCUT2D eigenvalue weighted by atomic mass is 32.2. The third-order valence-corrected chi connectivity index (χ3v) is 3.19. The van der Waals surface area contributed by atoms with Gasteiger partial charge < -0.3 is 10.6 Å². The van der Waals surface area contributed by atoms with E-state index in [1.807, 2.05) is 0 Å². The first-order valence-corrected chi connectivity index (χ1v) is 5.64. The van der Waals surface area contributed by atoms with Gasteiger partial charge >= 0.3 is 0 Å². The fourth-order valence-electron chi connectivity index (χ4n) is 0.878. The van der Waals surface area contributed by atoms with Crippen LogP contribution in [0.2, 0.25) is 0 Å². The predicted octanol–water partition coefficient (Wildman–Crippen LogP) is -0.607. The van der Waals surface area contributed by atoms with Gasteiger partial charge in [0.2, 0.25) is 0 Å². The van der Waals surface area contributed by atoms with Gasteiger partial charge in [0.1, 0.15) is 0 Å². The molecule has 1 aliphatic rings. The first kappa shape index (κ1) is 9.47. The third kappa shape index (κ3) is 2.46. The number of nitrogens with one attached hydrogen (secondary N) is 2. The van der Waals surface area contributed by atoms with Crippen LogP contribution < -0.4 is 10.6 Å². The number of thiocarbonyl (C=S) groups is 1. The Hall–Kier alpha value is -0.620. The molecule has 2 N–H and O–H groups in total. The van der Waals surface area contributed by atoms with Gasteiger partial charge in [-0.15, -0.1) is 0 Å². The predicted molar refractivity (Wildman–Crippen MR) is 51.5 cm³/mol. The fourth-order valence-corrected chi connectivity index (χ4v) is 2.25. The average Bonchev–Trinajstić information content (AvgIpc) is 2.30. The van der Waals surface area contributed by atoms with E-state index in [2.05, 4.69) is 10.6 Å². The van der Waals surface area contributed by atoms with Crippen molar-refractivity contribution in [3.05, 3.63) is 11.8 Å². The van der Waals surface area contributed by atoms with E-state index in [1.165, 1.54) is 0 Å². The van der Waals surface area contributed by atoms with Crippen molar-refractivity contribution < 1.29 is 8.42 Å². The standard InChI is InChI=1S/C6H10N2O2S2/c1-7-6(11)8-5-2-3-12(9,10)4-5/h2H,3-4H2,1H3,(H2,7,8,11). The summed E-state index contributed by atoms with van der Waals surface area (Å²) in [6, 6.07) is 0. The molecule has 4 nitrogen and oxygen atoms in total. The van der Waals surface area contributed by atoms with Gasteiger partial charge in [-0.1, -0.05) is 0 Å². The molecular formula is C6H10N2O2S2. The lowest BCUT2D eigenvalue weighted by Crippen LogP contribution is -2.32. The van der Waals surface area contributed by atoms with Crippen molar-refractivity contribution in [2.45, 2.75) is 0 Å². The Bertz CT molecular complexity index is 318. The monoisotopic (exact) mass is 206 g/mol. The van der Waals surface area contributed by atoms with Gasteiger partial charge in [-0.3, -0.25) is 0 Å². The molecule has 0 atom stereocenters. The van der Waals surface area contributed by atoms with E-state index in [4.69, 9.17) is 12.2 Å². The summed E-state index contributed by atoms with van der Waals surface area (Å²) in [5, 5.41) is 5.93. The molecule has 0 unspecified atom stereocenters. The van der Waals surface area contributed by atoms with Crippen LogP contribution in [0.5, 0.6) is 0 Å². The molecule has 68 valence electrons. The van der Waals surface area contributed by atoms with Crippen molar-refractivity contribution >= 4 is 27.2 Å². The van der Waals surface area contributed by atoms with Crippen molar-refractivity contribution in [2.24, 2.45) is 0 Å². The molecule has 0 saturated carbocycles. The Morgan fingerprint density at radius 1 is 1.67 bits per heavy atom. The van der Waals surface area contributed by atoms with Crippen molar-refractivity contribution in [3.8, 4) is 0 Å². The van der Waals surface area contributed by atoms with Crippen LogP contribution in [0.4, 0.5) is 0 Å². The highest BCUT2D eigenvalue weighted by molar-refractivity contribution is 7.92. The second-order valence-electron chi connectivity index (χ2n) is 2.49. The van der Waals surface area contributed by atoms with Crippen LogP contribution in [-0.4, -0.2) is 32.1 Å².